The van der Waals surface area contributed by atoms with Crippen molar-refractivity contribution in [3.63, 3.8) is 0 Å². The van der Waals surface area contributed by atoms with Crippen LogP contribution in [0.4, 0.5) is 0 Å². The average molecular weight is 368 g/mol. The van der Waals surface area contributed by atoms with Crippen LogP contribution in [0, 0.1) is 5.92 Å². The molecule has 0 saturated carbocycles. The first-order valence-electron chi connectivity index (χ1n) is 8.34. The van der Waals surface area contributed by atoms with Gasteiger partial charge in [-0.25, -0.2) is 0 Å². The maximum absolute atomic E-state index is 12.4. The first-order chi connectivity index (χ1) is 10.9. The first kappa shape index (κ1) is 23.0. The lowest BCUT2D eigenvalue weighted by atomic mass is 10.1. The van der Waals surface area contributed by atoms with Gasteiger partial charge in [0.15, 0.2) is 0 Å². The van der Waals surface area contributed by atoms with Gasteiger partial charge in [-0.15, -0.1) is 0 Å². The van der Waals surface area contributed by atoms with Crippen molar-refractivity contribution in [1.29, 1.82) is 0 Å². The molecule has 23 heavy (non-hydrogen) atoms. The molecule has 0 spiro atoms. The van der Waals surface area contributed by atoms with E-state index in [4.69, 9.17) is 22.3 Å². The van der Waals surface area contributed by atoms with Crippen molar-refractivity contribution in [3.05, 3.63) is 12.3 Å². The van der Waals surface area contributed by atoms with E-state index in [0.29, 0.717) is 45.6 Å². The molecule has 1 unspecified atom stereocenters. The lowest BCUT2D eigenvalue weighted by molar-refractivity contribution is 0.0681. The molecule has 0 aromatic rings. The zero-order valence-electron chi connectivity index (χ0n) is 15.2. The monoisotopic (exact) mass is 368 g/mol. The summed E-state index contributed by atoms with van der Waals surface area (Å²) in [6, 6.07) is 0. The normalized spacial score (nSPS) is 14.0. The highest BCUT2D eigenvalue weighted by Crippen LogP contribution is 2.49. The quantitative estimate of drug-likeness (QED) is 0.321. The molecule has 0 amide bonds. The van der Waals surface area contributed by atoms with Gasteiger partial charge < -0.3 is 22.3 Å². The fraction of sp³-hybridized carbons (Fsp3) is 0.867. The molecule has 0 saturated heterocycles. The minimum atomic E-state index is -3.00. The van der Waals surface area contributed by atoms with Gasteiger partial charge in [-0.1, -0.05) is 13.5 Å². The van der Waals surface area contributed by atoms with Gasteiger partial charge in [0.1, 0.15) is 0 Å². The van der Waals surface area contributed by atoms with Crippen LogP contribution in [0.25, 0.3) is 0 Å². The molecule has 0 rings (SSSR count). The van der Waals surface area contributed by atoms with Crippen LogP contribution in [0.3, 0.4) is 0 Å². The Morgan fingerprint density at radius 3 is 1.91 bits per heavy atom. The van der Waals surface area contributed by atoms with E-state index in [-0.39, 0.29) is 5.92 Å². The van der Waals surface area contributed by atoms with Crippen LogP contribution < -0.4 is 0 Å². The molecule has 0 aliphatic rings. The predicted molar refractivity (Wildman–Crippen MR) is 94.7 cm³/mol. The van der Waals surface area contributed by atoms with Crippen LogP contribution in [0.15, 0.2) is 12.3 Å². The number of rotatable bonds is 15. The van der Waals surface area contributed by atoms with Gasteiger partial charge >= 0.3 is 16.4 Å². The maximum Gasteiger partial charge on any atom is 0.529 e. The number of hydrogen-bond donors (Lipinski definition) is 0. The van der Waals surface area contributed by atoms with Crippen LogP contribution >= 0.6 is 7.60 Å². The van der Waals surface area contributed by atoms with Crippen molar-refractivity contribution in [1.82, 2.24) is 0 Å². The largest absolute Gasteiger partial charge is 0.529 e. The van der Waals surface area contributed by atoms with Gasteiger partial charge in [0.2, 0.25) is 0 Å². The van der Waals surface area contributed by atoms with Gasteiger partial charge in [0.05, 0.1) is 19.4 Å². The fourth-order valence-electron chi connectivity index (χ4n) is 1.98. The maximum atomic E-state index is 12.4. The molecule has 0 N–H and O–H groups in total. The molecule has 1 atom stereocenters. The second-order valence-corrected chi connectivity index (χ2v) is 9.72. The molecule has 0 fully saturated rings. The molecule has 0 heterocycles. The molecule has 0 radical (unpaired) electrons. The molecule has 138 valence electrons. The SMILES string of the molecule is C=C[Si](OCC)(OCC)OCC(C)CCP(=O)(OCC)OCC. The van der Waals surface area contributed by atoms with E-state index in [0.717, 1.165) is 0 Å². The Morgan fingerprint density at radius 1 is 1.00 bits per heavy atom. The van der Waals surface area contributed by atoms with E-state index in [1.807, 2.05) is 34.6 Å². The summed E-state index contributed by atoms with van der Waals surface area (Å²) in [6.07, 6.45) is 1.06. The summed E-state index contributed by atoms with van der Waals surface area (Å²) in [7, 11) is -5.80. The van der Waals surface area contributed by atoms with Crippen molar-refractivity contribution >= 4 is 16.4 Å². The van der Waals surface area contributed by atoms with E-state index >= 15 is 0 Å². The predicted octanol–water partition coefficient (Wildman–Crippen LogP) is 4.03. The summed E-state index contributed by atoms with van der Waals surface area (Å²) in [5, 5.41) is 0. The Balaban J connectivity index is 4.48. The van der Waals surface area contributed by atoms with Gasteiger partial charge in [-0.05, 0) is 45.7 Å². The summed E-state index contributed by atoms with van der Waals surface area (Å²) in [5.41, 5.74) is 1.65. The molecular weight excluding hydrogens is 335 g/mol. The average Bonchev–Trinajstić information content (AvgIpc) is 2.51. The van der Waals surface area contributed by atoms with Crippen molar-refractivity contribution < 1.29 is 26.9 Å². The summed E-state index contributed by atoms with van der Waals surface area (Å²) in [4.78, 5) is 0. The zero-order valence-corrected chi connectivity index (χ0v) is 17.1. The molecule has 6 nitrogen and oxygen atoms in total. The van der Waals surface area contributed by atoms with Crippen molar-refractivity contribution in [2.24, 2.45) is 5.92 Å². The summed E-state index contributed by atoms with van der Waals surface area (Å²) in [6.45, 7) is 15.5. The van der Waals surface area contributed by atoms with Crippen LogP contribution in [0.1, 0.15) is 41.0 Å². The van der Waals surface area contributed by atoms with E-state index in [2.05, 4.69) is 6.58 Å². The van der Waals surface area contributed by atoms with Crippen LogP contribution in [-0.4, -0.2) is 48.0 Å². The van der Waals surface area contributed by atoms with E-state index in [1.165, 1.54) is 0 Å². The molecule has 0 aromatic carbocycles. The Kier molecular flexibility index (Phi) is 12.4. The van der Waals surface area contributed by atoms with Crippen LogP contribution in [-0.2, 0) is 26.9 Å². The molecule has 0 bridgehead atoms. The lowest BCUT2D eigenvalue weighted by Gasteiger charge is -2.27. The number of hydrogen-bond acceptors (Lipinski definition) is 6. The Labute approximate surface area is 142 Å². The molecule has 0 aliphatic heterocycles. The summed E-state index contributed by atoms with van der Waals surface area (Å²) < 4.78 is 40.3. The van der Waals surface area contributed by atoms with Gasteiger partial charge in [-0.2, -0.15) is 0 Å². The van der Waals surface area contributed by atoms with E-state index in [1.54, 1.807) is 5.70 Å². The molecule has 8 heteroatoms. The first-order valence-corrected chi connectivity index (χ1v) is 11.9. The highest BCUT2D eigenvalue weighted by atomic mass is 31.2. The third-order valence-electron chi connectivity index (χ3n) is 3.06. The molecule has 0 aliphatic carbocycles. The van der Waals surface area contributed by atoms with Gasteiger partial charge in [0, 0.05) is 19.8 Å². The van der Waals surface area contributed by atoms with Crippen molar-refractivity contribution in [2.45, 2.75) is 41.0 Å². The van der Waals surface area contributed by atoms with Crippen LogP contribution in [0.5, 0.6) is 0 Å². The zero-order chi connectivity index (χ0) is 17.8. The highest BCUT2D eigenvalue weighted by molar-refractivity contribution is 7.53. The second kappa shape index (κ2) is 12.4. The second-order valence-electron chi connectivity index (χ2n) is 5.05. The highest BCUT2D eigenvalue weighted by Gasteiger charge is 2.37. The Morgan fingerprint density at radius 2 is 1.52 bits per heavy atom. The topological polar surface area (TPSA) is 63.2 Å². The third-order valence-corrected chi connectivity index (χ3v) is 7.62. The van der Waals surface area contributed by atoms with Crippen molar-refractivity contribution in [3.8, 4) is 0 Å². The van der Waals surface area contributed by atoms with E-state index in [9.17, 15) is 4.57 Å². The van der Waals surface area contributed by atoms with Crippen molar-refractivity contribution in [2.75, 3.05) is 39.2 Å². The van der Waals surface area contributed by atoms with E-state index < -0.39 is 16.4 Å². The lowest BCUT2D eigenvalue weighted by Crippen LogP contribution is -2.45. The summed E-state index contributed by atoms with van der Waals surface area (Å²) >= 11 is 0. The summed E-state index contributed by atoms with van der Waals surface area (Å²) in [5.74, 6) is 0.178. The fourth-order valence-corrected chi connectivity index (χ4v) is 5.79. The third kappa shape index (κ3) is 9.15. The van der Waals surface area contributed by atoms with Gasteiger partial charge in [0.25, 0.3) is 0 Å². The standard InChI is InChI=1S/C15H33O6PSi/c1-7-17-22(16,18-8-2)13-12-15(6)14-21-23(11-5,19-9-3)20-10-4/h11,15H,5,7-10,12-14H2,1-4,6H3. The Bertz CT molecular complexity index is 350. The minimum Gasteiger partial charge on any atom is -0.371 e. The minimum absolute atomic E-state index is 0.178. The smallest absolute Gasteiger partial charge is 0.371 e. The van der Waals surface area contributed by atoms with Gasteiger partial charge in [-0.3, -0.25) is 4.57 Å². The molecule has 0 aromatic heterocycles. The molecular formula is C15H33O6PSi. The van der Waals surface area contributed by atoms with Crippen LogP contribution in [0.2, 0.25) is 0 Å². The Hall–Kier alpha value is -0.0131.